The normalized spacial score (nSPS) is 11.7. The number of ether oxygens (including phenoxy) is 2. The number of oxazole rings is 1. The van der Waals surface area contributed by atoms with Crippen LogP contribution in [0.1, 0.15) is 40.3 Å². The van der Waals surface area contributed by atoms with Gasteiger partial charge in [0.1, 0.15) is 6.61 Å². The summed E-state index contributed by atoms with van der Waals surface area (Å²) in [7, 11) is 1.56. The van der Waals surface area contributed by atoms with E-state index < -0.39 is 11.9 Å². The lowest BCUT2D eigenvalue weighted by Crippen LogP contribution is -2.25. The summed E-state index contributed by atoms with van der Waals surface area (Å²) < 4.78 is 17.3. The van der Waals surface area contributed by atoms with Crippen molar-refractivity contribution in [2.24, 2.45) is 5.73 Å². The van der Waals surface area contributed by atoms with Crippen LogP contribution < -0.4 is 20.5 Å². The number of hydrogen-bond donors (Lipinski definition) is 2. The van der Waals surface area contributed by atoms with Crippen LogP contribution in [0.2, 0.25) is 10.0 Å². The number of nitrogens with two attached hydrogens (primary N) is 1. The van der Waals surface area contributed by atoms with E-state index in [4.69, 9.17) is 42.8 Å². The van der Waals surface area contributed by atoms with E-state index in [0.717, 1.165) is 5.56 Å². The van der Waals surface area contributed by atoms with Crippen molar-refractivity contribution in [1.29, 1.82) is 0 Å². The zero-order valence-electron chi connectivity index (χ0n) is 19.6. The van der Waals surface area contributed by atoms with Crippen LogP contribution in [-0.4, -0.2) is 23.0 Å². The number of carbonyl (C=O) groups excluding carboxylic acids is 1. The summed E-state index contributed by atoms with van der Waals surface area (Å²) in [5, 5.41) is 3.46. The third-order valence-corrected chi connectivity index (χ3v) is 5.96. The molecular formula is C26H24Cl2N4O4. The molecule has 2 heterocycles. The summed E-state index contributed by atoms with van der Waals surface area (Å²) in [6.45, 7) is 2.14. The molecule has 8 nitrogen and oxygen atoms in total. The Morgan fingerprint density at radius 1 is 1.11 bits per heavy atom. The van der Waals surface area contributed by atoms with Crippen molar-refractivity contribution in [1.82, 2.24) is 15.3 Å². The molecular weight excluding hydrogens is 503 g/mol. The van der Waals surface area contributed by atoms with Crippen molar-refractivity contribution in [3.05, 3.63) is 93.6 Å². The van der Waals surface area contributed by atoms with Gasteiger partial charge in [-0.2, -0.15) is 0 Å². The molecule has 4 rings (SSSR count). The Hall–Kier alpha value is -3.59. The van der Waals surface area contributed by atoms with Gasteiger partial charge in [-0.15, -0.1) is 0 Å². The van der Waals surface area contributed by atoms with Gasteiger partial charge in [0.15, 0.2) is 23.0 Å². The maximum absolute atomic E-state index is 13.0. The second-order valence-corrected chi connectivity index (χ2v) is 8.74. The van der Waals surface area contributed by atoms with Gasteiger partial charge >= 0.3 is 0 Å². The summed E-state index contributed by atoms with van der Waals surface area (Å²) in [4.78, 5) is 21.4. The maximum atomic E-state index is 13.0. The van der Waals surface area contributed by atoms with Crippen LogP contribution in [0.5, 0.6) is 11.5 Å². The molecule has 0 aliphatic rings. The molecule has 0 saturated heterocycles. The third-order valence-electron chi connectivity index (χ3n) is 5.31. The number of amides is 1. The molecule has 2 aromatic heterocycles. The molecule has 4 aromatic rings. The van der Waals surface area contributed by atoms with E-state index in [-0.39, 0.29) is 23.9 Å². The van der Waals surface area contributed by atoms with Crippen molar-refractivity contribution in [3.8, 4) is 23.0 Å². The van der Waals surface area contributed by atoms with E-state index in [9.17, 15) is 4.79 Å². The van der Waals surface area contributed by atoms with Crippen LogP contribution in [0.25, 0.3) is 11.5 Å². The molecule has 0 aliphatic heterocycles. The molecule has 36 heavy (non-hydrogen) atoms. The minimum absolute atomic E-state index is 0.0730. The molecule has 0 spiro atoms. The van der Waals surface area contributed by atoms with E-state index in [1.807, 2.05) is 30.3 Å². The standard InChI is InChI=1S/C26H24Cl2N4O4/c1-15(29)24-23(25(33)31-11-18-19(27)12-30-13-20(18)28)32-26(36-24)17-8-9-21(34-2)22(10-17)35-14-16-6-4-3-5-7-16/h3-10,12-13,15H,11,14,29H2,1-2H3,(H,31,33)/t15-/m0/s1. The highest BCUT2D eigenvalue weighted by Crippen LogP contribution is 2.34. The lowest BCUT2D eigenvalue weighted by Gasteiger charge is -2.11. The second-order valence-electron chi connectivity index (χ2n) is 7.92. The zero-order valence-corrected chi connectivity index (χ0v) is 21.1. The van der Waals surface area contributed by atoms with E-state index in [0.29, 0.717) is 39.3 Å². The average molecular weight is 527 g/mol. The number of methoxy groups -OCH3 is 1. The Morgan fingerprint density at radius 2 is 1.83 bits per heavy atom. The van der Waals surface area contributed by atoms with Crippen LogP contribution in [0.15, 0.2) is 65.3 Å². The summed E-state index contributed by atoms with van der Waals surface area (Å²) in [5.41, 5.74) is 8.30. The number of rotatable bonds is 9. The first-order chi connectivity index (χ1) is 17.4. The van der Waals surface area contributed by atoms with Crippen LogP contribution in [-0.2, 0) is 13.2 Å². The highest BCUT2D eigenvalue weighted by atomic mass is 35.5. The number of aromatic nitrogens is 2. The van der Waals surface area contributed by atoms with Crippen molar-refractivity contribution >= 4 is 29.1 Å². The molecule has 186 valence electrons. The third kappa shape index (κ3) is 5.79. The Morgan fingerprint density at radius 3 is 2.50 bits per heavy atom. The average Bonchev–Trinajstić information content (AvgIpc) is 3.34. The minimum atomic E-state index is -0.577. The summed E-state index contributed by atoms with van der Waals surface area (Å²) in [6.07, 6.45) is 2.91. The van der Waals surface area contributed by atoms with Crippen molar-refractivity contribution < 1.29 is 18.7 Å². The van der Waals surface area contributed by atoms with Crippen LogP contribution in [0.3, 0.4) is 0 Å². The zero-order chi connectivity index (χ0) is 25.7. The molecule has 0 radical (unpaired) electrons. The summed E-state index contributed by atoms with van der Waals surface area (Å²) in [5.74, 6) is 1.05. The minimum Gasteiger partial charge on any atom is -0.493 e. The van der Waals surface area contributed by atoms with E-state index in [2.05, 4.69) is 15.3 Å². The highest BCUT2D eigenvalue weighted by molar-refractivity contribution is 6.35. The molecule has 1 amide bonds. The Kier molecular flexibility index (Phi) is 8.10. The van der Waals surface area contributed by atoms with Gasteiger partial charge in [-0.1, -0.05) is 53.5 Å². The van der Waals surface area contributed by atoms with Gasteiger partial charge in [0.2, 0.25) is 5.89 Å². The maximum Gasteiger partial charge on any atom is 0.273 e. The molecule has 3 N–H and O–H groups in total. The number of nitrogens with one attached hydrogen (secondary N) is 1. The SMILES string of the molecule is COc1ccc(-c2nc(C(=O)NCc3c(Cl)cncc3Cl)c([C@H](C)N)o2)cc1OCc1ccccc1. The van der Waals surface area contributed by atoms with Crippen molar-refractivity contribution in [3.63, 3.8) is 0 Å². The smallest absolute Gasteiger partial charge is 0.273 e. The molecule has 1 atom stereocenters. The first-order valence-electron chi connectivity index (χ1n) is 11.0. The number of pyridine rings is 1. The number of benzene rings is 2. The Balaban J connectivity index is 1.59. The number of carbonyl (C=O) groups is 1. The molecule has 0 fully saturated rings. The predicted octanol–water partition coefficient (Wildman–Crippen LogP) is 5.58. The molecule has 0 aliphatic carbocycles. The fourth-order valence-corrected chi connectivity index (χ4v) is 3.94. The van der Waals surface area contributed by atoms with E-state index in [1.54, 1.807) is 32.2 Å². The topological polar surface area (TPSA) is 112 Å². The second kappa shape index (κ2) is 11.4. The Labute approximate surface area is 218 Å². The number of nitrogens with zero attached hydrogens (tertiary/aromatic N) is 2. The monoisotopic (exact) mass is 526 g/mol. The molecule has 2 aromatic carbocycles. The van der Waals surface area contributed by atoms with Gasteiger partial charge < -0.3 is 24.9 Å². The largest absolute Gasteiger partial charge is 0.493 e. The first kappa shape index (κ1) is 25.5. The van der Waals surface area contributed by atoms with Crippen molar-refractivity contribution in [2.45, 2.75) is 26.1 Å². The fourth-order valence-electron chi connectivity index (χ4n) is 3.44. The van der Waals surface area contributed by atoms with Gasteiger partial charge in [-0.25, -0.2) is 4.98 Å². The van der Waals surface area contributed by atoms with Crippen LogP contribution >= 0.6 is 23.2 Å². The predicted molar refractivity (Wildman–Crippen MR) is 137 cm³/mol. The highest BCUT2D eigenvalue weighted by Gasteiger charge is 2.24. The van der Waals surface area contributed by atoms with Gasteiger partial charge in [0.05, 0.1) is 23.2 Å². The van der Waals surface area contributed by atoms with Gasteiger partial charge in [0, 0.05) is 30.1 Å². The number of hydrogen-bond acceptors (Lipinski definition) is 7. The summed E-state index contributed by atoms with van der Waals surface area (Å²) >= 11 is 12.3. The number of halogens is 2. The first-order valence-corrected chi connectivity index (χ1v) is 11.8. The lowest BCUT2D eigenvalue weighted by molar-refractivity contribution is 0.0944. The van der Waals surface area contributed by atoms with E-state index in [1.165, 1.54) is 12.4 Å². The Bertz CT molecular complexity index is 1340. The van der Waals surface area contributed by atoms with E-state index >= 15 is 0 Å². The molecule has 0 saturated carbocycles. The molecule has 0 bridgehead atoms. The quantitative estimate of drug-likeness (QED) is 0.292. The van der Waals surface area contributed by atoms with Gasteiger partial charge in [-0.3, -0.25) is 9.78 Å². The molecule has 0 unspecified atom stereocenters. The van der Waals surface area contributed by atoms with Gasteiger partial charge in [0.25, 0.3) is 5.91 Å². The van der Waals surface area contributed by atoms with Crippen LogP contribution in [0.4, 0.5) is 0 Å². The lowest BCUT2D eigenvalue weighted by atomic mass is 10.2. The molecule has 10 heteroatoms. The van der Waals surface area contributed by atoms with Gasteiger partial charge in [-0.05, 0) is 30.7 Å². The summed E-state index contributed by atoms with van der Waals surface area (Å²) in [6, 6.07) is 14.4. The van der Waals surface area contributed by atoms with Crippen LogP contribution in [0, 0.1) is 0 Å². The van der Waals surface area contributed by atoms with Crippen molar-refractivity contribution in [2.75, 3.05) is 7.11 Å². The fraction of sp³-hybridized carbons (Fsp3) is 0.192.